The Labute approximate surface area is 132 Å². The predicted molar refractivity (Wildman–Crippen MR) is 83.6 cm³/mol. The largest absolute Gasteiger partial charge is 0.493 e. The summed E-state index contributed by atoms with van der Waals surface area (Å²) in [5.41, 5.74) is 2.97. The van der Waals surface area contributed by atoms with Gasteiger partial charge in [-0.3, -0.25) is 4.98 Å². The molecule has 0 spiro atoms. The summed E-state index contributed by atoms with van der Waals surface area (Å²) in [5.74, 6) is 1.74. The van der Waals surface area contributed by atoms with Crippen LogP contribution in [0.3, 0.4) is 0 Å². The van der Waals surface area contributed by atoms with Crippen LogP contribution < -0.4 is 9.47 Å². The number of hydrogen-bond acceptors (Lipinski definition) is 3. The minimum atomic E-state index is 0.391. The van der Waals surface area contributed by atoms with Crippen LogP contribution in [0.2, 0.25) is 0 Å². The van der Waals surface area contributed by atoms with E-state index in [1.165, 1.54) is 0 Å². The van der Waals surface area contributed by atoms with Crippen LogP contribution in [0.25, 0.3) is 0 Å². The summed E-state index contributed by atoms with van der Waals surface area (Å²) in [7, 11) is 1.61. The first kappa shape index (κ1) is 15.1. The number of aromatic nitrogens is 1. The van der Waals surface area contributed by atoms with Gasteiger partial charge in [0.25, 0.3) is 0 Å². The average Bonchev–Trinajstić information content (AvgIpc) is 2.46. The smallest absolute Gasteiger partial charge is 0.175 e. The highest BCUT2D eigenvalue weighted by molar-refractivity contribution is 9.10. The molecule has 1 heterocycles. The van der Waals surface area contributed by atoms with Crippen LogP contribution in [-0.2, 0) is 12.5 Å². The van der Waals surface area contributed by atoms with Crippen LogP contribution in [0.1, 0.15) is 16.8 Å². The molecule has 0 N–H and O–H groups in total. The molecule has 1 aromatic carbocycles. The first-order valence-corrected chi connectivity index (χ1v) is 7.44. The van der Waals surface area contributed by atoms with Crippen molar-refractivity contribution >= 4 is 27.5 Å². The lowest BCUT2D eigenvalue weighted by molar-refractivity contribution is 0.278. The maximum absolute atomic E-state index is 5.85. The lowest BCUT2D eigenvalue weighted by Crippen LogP contribution is -2.02. The van der Waals surface area contributed by atoms with Gasteiger partial charge in [0.15, 0.2) is 11.5 Å². The van der Waals surface area contributed by atoms with Crippen LogP contribution in [-0.4, -0.2) is 12.1 Å². The van der Waals surface area contributed by atoms with E-state index in [0.29, 0.717) is 24.0 Å². The Hall–Kier alpha value is -1.26. The van der Waals surface area contributed by atoms with Crippen LogP contribution in [0.15, 0.2) is 34.9 Å². The molecule has 106 valence electrons. The van der Waals surface area contributed by atoms with Gasteiger partial charge >= 0.3 is 0 Å². The highest BCUT2D eigenvalue weighted by atomic mass is 79.9. The normalized spacial score (nSPS) is 10.4. The maximum atomic E-state index is 5.85. The second kappa shape index (κ2) is 6.95. The molecule has 0 atom stereocenters. The van der Waals surface area contributed by atoms with E-state index in [9.17, 15) is 0 Å². The van der Waals surface area contributed by atoms with Gasteiger partial charge in [-0.1, -0.05) is 6.07 Å². The molecule has 0 saturated carbocycles. The summed E-state index contributed by atoms with van der Waals surface area (Å²) in [5, 5.41) is 0. The molecule has 0 radical (unpaired) electrons. The molecular formula is C15H15BrClNO2. The van der Waals surface area contributed by atoms with Crippen LogP contribution in [0.5, 0.6) is 11.5 Å². The quantitative estimate of drug-likeness (QED) is 0.740. The van der Waals surface area contributed by atoms with E-state index < -0.39 is 0 Å². The number of halogens is 2. The molecule has 0 saturated heterocycles. The number of alkyl halides is 1. The molecular weight excluding hydrogens is 342 g/mol. The van der Waals surface area contributed by atoms with E-state index in [1.54, 1.807) is 13.3 Å². The van der Waals surface area contributed by atoms with E-state index in [4.69, 9.17) is 21.1 Å². The van der Waals surface area contributed by atoms with Crippen molar-refractivity contribution in [3.8, 4) is 11.5 Å². The van der Waals surface area contributed by atoms with Crippen molar-refractivity contribution < 1.29 is 9.47 Å². The summed E-state index contributed by atoms with van der Waals surface area (Å²) in [6.07, 6.45) is 1.76. The van der Waals surface area contributed by atoms with Crippen molar-refractivity contribution in [2.45, 2.75) is 19.4 Å². The van der Waals surface area contributed by atoms with Crippen LogP contribution >= 0.6 is 27.5 Å². The van der Waals surface area contributed by atoms with Crippen LogP contribution in [0, 0.1) is 6.92 Å². The Kier molecular flexibility index (Phi) is 5.26. The summed E-state index contributed by atoms with van der Waals surface area (Å²) >= 11 is 9.33. The minimum absolute atomic E-state index is 0.391. The highest BCUT2D eigenvalue weighted by Crippen LogP contribution is 2.37. The zero-order valence-corrected chi connectivity index (χ0v) is 13.7. The van der Waals surface area contributed by atoms with Crippen LogP contribution in [0.4, 0.5) is 0 Å². The molecule has 0 bridgehead atoms. The lowest BCUT2D eigenvalue weighted by Gasteiger charge is -2.14. The summed E-state index contributed by atoms with van der Waals surface area (Å²) in [6, 6.07) is 7.72. The molecule has 20 heavy (non-hydrogen) atoms. The third-order valence-electron chi connectivity index (χ3n) is 2.91. The van der Waals surface area contributed by atoms with E-state index in [2.05, 4.69) is 20.9 Å². The van der Waals surface area contributed by atoms with Crippen molar-refractivity contribution in [3.63, 3.8) is 0 Å². The van der Waals surface area contributed by atoms with E-state index in [0.717, 1.165) is 21.3 Å². The Morgan fingerprint density at radius 1 is 1.35 bits per heavy atom. The van der Waals surface area contributed by atoms with E-state index in [-0.39, 0.29) is 0 Å². The number of nitrogens with zero attached hydrogens (tertiary/aromatic N) is 1. The zero-order valence-electron chi connectivity index (χ0n) is 11.3. The van der Waals surface area contributed by atoms with Crippen molar-refractivity contribution in [2.75, 3.05) is 7.11 Å². The first-order chi connectivity index (χ1) is 9.65. The Morgan fingerprint density at radius 2 is 2.15 bits per heavy atom. The molecule has 2 rings (SSSR count). The van der Waals surface area contributed by atoms with Crippen molar-refractivity contribution in [1.29, 1.82) is 0 Å². The van der Waals surface area contributed by atoms with Crippen molar-refractivity contribution in [1.82, 2.24) is 4.98 Å². The third kappa shape index (κ3) is 3.44. The predicted octanol–water partition coefficient (Wildman–Crippen LogP) is 4.48. The average molecular weight is 357 g/mol. The number of methoxy groups -OCH3 is 1. The Balaban J connectivity index is 2.23. The molecule has 5 heteroatoms. The number of pyridine rings is 1. The molecule has 2 aromatic rings. The van der Waals surface area contributed by atoms with Gasteiger partial charge in [0.2, 0.25) is 0 Å². The van der Waals surface area contributed by atoms with Gasteiger partial charge in [-0.2, -0.15) is 0 Å². The number of ether oxygens (including phenoxy) is 2. The second-order valence-electron chi connectivity index (χ2n) is 4.30. The van der Waals surface area contributed by atoms with Gasteiger partial charge in [0.1, 0.15) is 6.61 Å². The first-order valence-electron chi connectivity index (χ1n) is 6.11. The topological polar surface area (TPSA) is 31.4 Å². The number of aryl methyl sites for hydroxylation is 1. The van der Waals surface area contributed by atoms with Gasteiger partial charge < -0.3 is 9.47 Å². The minimum Gasteiger partial charge on any atom is -0.493 e. The Bertz CT molecular complexity index is 604. The van der Waals surface area contributed by atoms with Crippen molar-refractivity contribution in [3.05, 3.63) is 51.8 Å². The van der Waals surface area contributed by atoms with Gasteiger partial charge in [-0.15, -0.1) is 11.6 Å². The molecule has 0 aliphatic carbocycles. The Morgan fingerprint density at radius 3 is 2.80 bits per heavy atom. The summed E-state index contributed by atoms with van der Waals surface area (Å²) in [4.78, 5) is 4.31. The van der Waals surface area contributed by atoms with Gasteiger partial charge in [0.05, 0.1) is 17.3 Å². The number of hydrogen-bond donors (Lipinski definition) is 0. The molecule has 0 aliphatic heterocycles. The van der Waals surface area contributed by atoms with Gasteiger partial charge in [-0.25, -0.2) is 0 Å². The fraction of sp³-hybridized carbons (Fsp3) is 0.267. The third-order valence-corrected chi connectivity index (χ3v) is 3.81. The van der Waals surface area contributed by atoms with Gasteiger partial charge in [0, 0.05) is 12.1 Å². The van der Waals surface area contributed by atoms with Crippen molar-refractivity contribution in [2.24, 2.45) is 0 Å². The summed E-state index contributed by atoms with van der Waals surface area (Å²) < 4.78 is 12.0. The highest BCUT2D eigenvalue weighted by Gasteiger charge is 2.12. The number of benzene rings is 1. The molecule has 0 fully saturated rings. The monoisotopic (exact) mass is 355 g/mol. The van der Waals surface area contributed by atoms with E-state index >= 15 is 0 Å². The SMILES string of the molecule is COc1cc(CCl)cc(Br)c1OCc1ncccc1C. The molecule has 3 nitrogen and oxygen atoms in total. The van der Waals surface area contributed by atoms with Gasteiger partial charge in [-0.05, 0) is 52.2 Å². The zero-order chi connectivity index (χ0) is 14.5. The maximum Gasteiger partial charge on any atom is 0.175 e. The second-order valence-corrected chi connectivity index (χ2v) is 5.42. The molecule has 1 aromatic heterocycles. The van der Waals surface area contributed by atoms with E-state index in [1.807, 2.05) is 31.2 Å². The standard InChI is InChI=1S/C15H15BrClNO2/c1-10-4-3-5-18-13(10)9-20-15-12(16)6-11(8-17)7-14(15)19-2/h3-7H,8-9H2,1-2H3. The molecule has 0 amide bonds. The summed E-state index contributed by atoms with van der Waals surface area (Å²) in [6.45, 7) is 2.40. The molecule has 0 unspecified atom stereocenters. The molecule has 0 aliphatic rings. The number of rotatable bonds is 5. The lowest BCUT2D eigenvalue weighted by atomic mass is 10.2. The fourth-order valence-corrected chi connectivity index (χ4v) is 2.56. The fourth-order valence-electron chi connectivity index (χ4n) is 1.80.